The van der Waals surface area contributed by atoms with Crippen molar-refractivity contribution < 1.29 is 14.1 Å². The normalized spacial score (nSPS) is 10.8. The Labute approximate surface area is 190 Å². The van der Waals surface area contributed by atoms with Crippen LogP contribution in [0.4, 0.5) is 15.2 Å². The number of amides is 1. The molecular weight excluding hydrogens is 453 g/mol. The minimum Gasteiger partial charge on any atom is -0.301 e. The summed E-state index contributed by atoms with van der Waals surface area (Å²) in [5.74, 6) is -0.557. The van der Waals surface area contributed by atoms with Crippen LogP contribution in [-0.2, 0) is 4.79 Å². The van der Waals surface area contributed by atoms with E-state index in [1.807, 2.05) is 12.3 Å². The number of benzene rings is 2. The lowest BCUT2D eigenvalue weighted by molar-refractivity contribution is -0.384. The number of carbonyl (C=O) groups is 1. The summed E-state index contributed by atoms with van der Waals surface area (Å²) in [5, 5.41) is 16.8. The van der Waals surface area contributed by atoms with E-state index in [-0.39, 0.29) is 17.3 Å². The predicted octanol–water partition coefficient (Wildman–Crippen LogP) is 5.08. The second-order valence-electron chi connectivity index (χ2n) is 6.68. The number of anilines is 1. The van der Waals surface area contributed by atoms with Crippen molar-refractivity contribution in [2.75, 3.05) is 11.1 Å². The lowest BCUT2D eigenvalue weighted by atomic mass is 10.1. The Balaban J connectivity index is 1.65. The average molecular weight is 470 g/mol. The molecule has 2 aromatic heterocycles. The Bertz CT molecular complexity index is 1290. The number of carbonyl (C=O) groups excluding carboxylic acids is 1. The van der Waals surface area contributed by atoms with Crippen molar-refractivity contribution in [3.05, 3.63) is 81.7 Å². The second kappa shape index (κ2) is 9.28. The zero-order valence-corrected chi connectivity index (χ0v) is 18.3. The summed E-state index contributed by atoms with van der Waals surface area (Å²) in [6, 6.07) is 12.0. The SMILES string of the molecule is Cc1csc(NC(=O)CSc2ncc(-c3cccc([N+](=O)[O-])c3)n2-c2ccc(F)cc2)n1. The topological polar surface area (TPSA) is 103 Å². The van der Waals surface area contributed by atoms with Gasteiger partial charge in [0.05, 0.1) is 28.3 Å². The molecule has 8 nitrogen and oxygen atoms in total. The molecule has 0 atom stereocenters. The number of nitrogens with zero attached hydrogens (tertiary/aromatic N) is 4. The molecule has 0 unspecified atom stereocenters. The molecule has 0 saturated carbocycles. The van der Waals surface area contributed by atoms with Crippen molar-refractivity contribution in [2.24, 2.45) is 0 Å². The molecule has 1 N–H and O–H groups in total. The second-order valence-corrected chi connectivity index (χ2v) is 8.48. The minimum absolute atomic E-state index is 0.0540. The first-order valence-corrected chi connectivity index (χ1v) is 11.2. The maximum Gasteiger partial charge on any atom is 0.270 e. The highest BCUT2D eigenvalue weighted by Gasteiger charge is 2.18. The smallest absolute Gasteiger partial charge is 0.270 e. The maximum absolute atomic E-state index is 13.5. The zero-order valence-electron chi connectivity index (χ0n) is 16.7. The molecule has 0 fully saturated rings. The number of non-ortho nitro benzene ring substituents is 1. The number of hydrogen-bond acceptors (Lipinski definition) is 7. The molecule has 0 spiro atoms. The first-order valence-electron chi connectivity index (χ1n) is 9.34. The third kappa shape index (κ3) is 4.84. The summed E-state index contributed by atoms with van der Waals surface area (Å²) < 4.78 is 15.2. The number of nitro groups is 1. The van der Waals surface area contributed by atoms with E-state index in [0.29, 0.717) is 27.2 Å². The van der Waals surface area contributed by atoms with E-state index in [4.69, 9.17) is 0 Å². The number of aromatic nitrogens is 3. The van der Waals surface area contributed by atoms with Crippen LogP contribution in [0.5, 0.6) is 0 Å². The fourth-order valence-electron chi connectivity index (χ4n) is 2.96. The van der Waals surface area contributed by atoms with E-state index in [2.05, 4.69) is 15.3 Å². The number of thiazole rings is 1. The van der Waals surface area contributed by atoms with Gasteiger partial charge in [-0.05, 0) is 31.2 Å². The van der Waals surface area contributed by atoms with Crippen LogP contribution < -0.4 is 5.32 Å². The van der Waals surface area contributed by atoms with Crippen molar-refractivity contribution in [2.45, 2.75) is 12.1 Å². The molecule has 0 bridgehead atoms. The Morgan fingerprint density at radius 3 is 2.75 bits per heavy atom. The molecule has 0 saturated heterocycles. The third-order valence-electron chi connectivity index (χ3n) is 4.36. The standard InChI is InChI=1S/C21H16FN5O3S2/c1-13-11-31-20(24-13)25-19(28)12-32-21-23-10-18(14-3-2-4-17(9-14)27(29)30)26(21)16-7-5-15(22)6-8-16/h2-11H,12H2,1H3,(H,24,25,28). The van der Waals surface area contributed by atoms with E-state index < -0.39 is 10.7 Å². The first kappa shape index (κ1) is 21.7. The number of rotatable bonds is 7. The quantitative estimate of drug-likeness (QED) is 0.230. The number of hydrogen-bond donors (Lipinski definition) is 1. The Hall–Kier alpha value is -3.57. The van der Waals surface area contributed by atoms with Crippen LogP contribution in [0, 0.1) is 22.9 Å². The van der Waals surface area contributed by atoms with Crippen LogP contribution in [-0.4, -0.2) is 31.1 Å². The first-order chi connectivity index (χ1) is 15.4. The van der Waals surface area contributed by atoms with Gasteiger partial charge < -0.3 is 5.32 Å². The van der Waals surface area contributed by atoms with E-state index >= 15 is 0 Å². The van der Waals surface area contributed by atoms with Gasteiger partial charge in [0.25, 0.3) is 5.69 Å². The molecule has 32 heavy (non-hydrogen) atoms. The molecule has 0 aliphatic rings. The van der Waals surface area contributed by atoms with Crippen molar-refractivity contribution in [3.63, 3.8) is 0 Å². The maximum atomic E-state index is 13.5. The van der Waals surface area contributed by atoms with Crippen molar-refractivity contribution in [3.8, 4) is 16.9 Å². The summed E-state index contributed by atoms with van der Waals surface area (Å²) in [7, 11) is 0. The highest BCUT2D eigenvalue weighted by molar-refractivity contribution is 7.99. The van der Waals surface area contributed by atoms with E-state index in [1.54, 1.807) is 35.0 Å². The zero-order chi connectivity index (χ0) is 22.7. The van der Waals surface area contributed by atoms with E-state index in [0.717, 1.165) is 5.69 Å². The highest BCUT2D eigenvalue weighted by atomic mass is 32.2. The van der Waals surface area contributed by atoms with Gasteiger partial charge in [0.15, 0.2) is 10.3 Å². The van der Waals surface area contributed by atoms with Crippen LogP contribution in [0.15, 0.2) is 65.3 Å². The molecule has 162 valence electrons. The number of thioether (sulfide) groups is 1. The van der Waals surface area contributed by atoms with Gasteiger partial charge in [0.2, 0.25) is 5.91 Å². The Kier molecular flexibility index (Phi) is 6.28. The van der Waals surface area contributed by atoms with Gasteiger partial charge >= 0.3 is 0 Å². The molecule has 1 amide bonds. The summed E-state index contributed by atoms with van der Waals surface area (Å²) in [4.78, 5) is 31.7. The van der Waals surface area contributed by atoms with Crippen LogP contribution in [0.1, 0.15) is 5.69 Å². The lowest BCUT2D eigenvalue weighted by Gasteiger charge is -2.12. The van der Waals surface area contributed by atoms with Gasteiger partial charge in [-0.2, -0.15) is 0 Å². The van der Waals surface area contributed by atoms with Gasteiger partial charge in [-0.1, -0.05) is 23.9 Å². The third-order valence-corrected chi connectivity index (χ3v) is 6.19. The molecule has 0 radical (unpaired) electrons. The van der Waals surface area contributed by atoms with Gasteiger partial charge in [0.1, 0.15) is 5.82 Å². The van der Waals surface area contributed by atoms with Crippen LogP contribution in [0.2, 0.25) is 0 Å². The average Bonchev–Trinajstić information content (AvgIpc) is 3.39. The van der Waals surface area contributed by atoms with E-state index in [9.17, 15) is 19.3 Å². The Morgan fingerprint density at radius 1 is 1.28 bits per heavy atom. The van der Waals surface area contributed by atoms with Crippen LogP contribution >= 0.6 is 23.1 Å². The lowest BCUT2D eigenvalue weighted by Crippen LogP contribution is -2.14. The van der Waals surface area contributed by atoms with Gasteiger partial charge in [-0.3, -0.25) is 19.5 Å². The summed E-state index contributed by atoms with van der Waals surface area (Å²) in [5.41, 5.74) is 2.54. The summed E-state index contributed by atoms with van der Waals surface area (Å²) >= 11 is 2.54. The van der Waals surface area contributed by atoms with Crippen LogP contribution in [0.3, 0.4) is 0 Å². The number of nitro benzene ring substituents is 1. The number of halogens is 1. The number of aryl methyl sites for hydroxylation is 1. The number of imidazole rings is 1. The molecule has 2 aromatic carbocycles. The van der Waals surface area contributed by atoms with Gasteiger partial charge in [0, 0.05) is 28.8 Å². The van der Waals surface area contributed by atoms with E-state index in [1.165, 1.54) is 47.4 Å². The summed E-state index contributed by atoms with van der Waals surface area (Å²) in [6.07, 6.45) is 1.58. The monoisotopic (exact) mass is 469 g/mol. The molecular formula is C21H16FN5O3S2. The van der Waals surface area contributed by atoms with Gasteiger partial charge in [-0.25, -0.2) is 14.4 Å². The van der Waals surface area contributed by atoms with Crippen molar-refractivity contribution in [1.29, 1.82) is 0 Å². The molecule has 2 heterocycles. The van der Waals surface area contributed by atoms with Crippen LogP contribution in [0.25, 0.3) is 16.9 Å². The van der Waals surface area contributed by atoms with Crippen molar-refractivity contribution in [1.82, 2.24) is 14.5 Å². The predicted molar refractivity (Wildman–Crippen MR) is 122 cm³/mol. The Morgan fingerprint density at radius 2 is 2.06 bits per heavy atom. The largest absolute Gasteiger partial charge is 0.301 e. The molecule has 11 heteroatoms. The molecule has 0 aliphatic heterocycles. The molecule has 4 aromatic rings. The fourth-order valence-corrected chi connectivity index (χ4v) is 4.45. The fraction of sp³-hybridized carbons (Fsp3) is 0.0952. The summed E-state index contributed by atoms with van der Waals surface area (Å²) in [6.45, 7) is 1.84. The number of nitrogens with one attached hydrogen (secondary N) is 1. The molecule has 4 rings (SSSR count). The minimum atomic E-state index is -0.470. The molecule has 0 aliphatic carbocycles. The highest BCUT2D eigenvalue weighted by Crippen LogP contribution is 2.31. The van der Waals surface area contributed by atoms with Gasteiger partial charge in [-0.15, -0.1) is 11.3 Å². The van der Waals surface area contributed by atoms with Crippen molar-refractivity contribution >= 4 is 39.8 Å².